The standard InChI is InChI=1S/C18H22N4O/c19-13-15-5-3-10-22(14-15)18(23)20-9-4-11-21-12-8-16-6-1-2-7-17(16)21/h1-2,6-8,12,15H,3-5,9-11,14H2,(H,20,23)/t15-/m0/s1. The van der Waals surface area contributed by atoms with E-state index in [1.807, 2.05) is 12.1 Å². The lowest BCUT2D eigenvalue weighted by molar-refractivity contribution is 0.176. The molecular weight excluding hydrogens is 288 g/mol. The fraction of sp³-hybridized carbons (Fsp3) is 0.444. The Morgan fingerprint density at radius 2 is 2.22 bits per heavy atom. The van der Waals surface area contributed by atoms with E-state index in [1.165, 1.54) is 10.9 Å². The molecule has 0 bridgehead atoms. The van der Waals surface area contributed by atoms with Gasteiger partial charge in [0.2, 0.25) is 0 Å². The first-order chi connectivity index (χ1) is 11.3. The largest absolute Gasteiger partial charge is 0.347 e. The number of hydrogen-bond donors (Lipinski definition) is 1. The number of urea groups is 1. The number of para-hydroxylation sites is 1. The van der Waals surface area contributed by atoms with Gasteiger partial charge >= 0.3 is 6.03 Å². The van der Waals surface area contributed by atoms with Crippen LogP contribution in [-0.4, -0.2) is 35.1 Å². The predicted octanol–water partition coefficient (Wildman–Crippen LogP) is 2.98. The van der Waals surface area contributed by atoms with E-state index in [0.29, 0.717) is 13.1 Å². The number of benzene rings is 1. The fourth-order valence-corrected chi connectivity index (χ4v) is 3.16. The Labute approximate surface area is 136 Å². The molecule has 2 heterocycles. The van der Waals surface area contributed by atoms with Gasteiger partial charge in [0.1, 0.15) is 0 Å². The number of carbonyl (C=O) groups is 1. The van der Waals surface area contributed by atoms with Crippen LogP contribution < -0.4 is 5.32 Å². The lowest BCUT2D eigenvalue weighted by Gasteiger charge is -2.29. The molecule has 1 aromatic carbocycles. The Hall–Kier alpha value is -2.48. The van der Waals surface area contributed by atoms with Gasteiger partial charge in [-0.05, 0) is 36.8 Å². The van der Waals surface area contributed by atoms with Crippen LogP contribution in [0.4, 0.5) is 4.79 Å². The number of likely N-dealkylation sites (tertiary alicyclic amines) is 1. The second kappa shape index (κ2) is 7.19. The van der Waals surface area contributed by atoms with Crippen LogP contribution in [0.1, 0.15) is 19.3 Å². The molecule has 120 valence electrons. The number of aryl methyl sites for hydroxylation is 1. The Kier molecular flexibility index (Phi) is 4.82. The SMILES string of the molecule is N#C[C@@H]1CCCN(C(=O)NCCCn2ccc3ccccc32)C1. The molecule has 1 aliphatic heterocycles. The van der Waals surface area contributed by atoms with Gasteiger partial charge in [-0.1, -0.05) is 18.2 Å². The third-order valence-corrected chi connectivity index (χ3v) is 4.42. The highest BCUT2D eigenvalue weighted by molar-refractivity contribution is 5.79. The molecule has 23 heavy (non-hydrogen) atoms. The van der Waals surface area contributed by atoms with E-state index in [2.05, 4.69) is 40.3 Å². The van der Waals surface area contributed by atoms with Gasteiger partial charge in [0.15, 0.2) is 0 Å². The minimum absolute atomic E-state index is 0.0132. The van der Waals surface area contributed by atoms with Crippen molar-refractivity contribution in [3.63, 3.8) is 0 Å². The number of rotatable bonds is 4. The summed E-state index contributed by atoms with van der Waals surface area (Å²) in [7, 11) is 0. The number of hydrogen-bond acceptors (Lipinski definition) is 2. The van der Waals surface area contributed by atoms with Gasteiger partial charge in [-0.3, -0.25) is 0 Å². The first-order valence-corrected chi connectivity index (χ1v) is 8.24. The van der Waals surface area contributed by atoms with Crippen LogP contribution in [0.15, 0.2) is 36.5 Å². The lowest BCUT2D eigenvalue weighted by atomic mass is 10.0. The van der Waals surface area contributed by atoms with E-state index >= 15 is 0 Å². The lowest BCUT2D eigenvalue weighted by Crippen LogP contribution is -2.45. The quantitative estimate of drug-likeness (QED) is 0.883. The Morgan fingerprint density at radius 3 is 3.09 bits per heavy atom. The van der Waals surface area contributed by atoms with Gasteiger partial charge in [0.25, 0.3) is 0 Å². The average molecular weight is 310 g/mol. The summed E-state index contributed by atoms with van der Waals surface area (Å²) in [5.74, 6) is -0.0132. The van der Waals surface area contributed by atoms with Gasteiger partial charge in [0, 0.05) is 37.9 Å². The van der Waals surface area contributed by atoms with Crippen LogP contribution >= 0.6 is 0 Å². The predicted molar refractivity (Wildman–Crippen MR) is 89.9 cm³/mol. The van der Waals surface area contributed by atoms with Crippen molar-refractivity contribution in [2.24, 2.45) is 5.92 Å². The van der Waals surface area contributed by atoms with Crippen molar-refractivity contribution in [3.8, 4) is 6.07 Å². The van der Waals surface area contributed by atoms with Crippen molar-refractivity contribution in [2.45, 2.75) is 25.8 Å². The van der Waals surface area contributed by atoms with Crippen molar-refractivity contribution in [2.75, 3.05) is 19.6 Å². The molecule has 3 rings (SSSR count). The normalized spacial score (nSPS) is 17.9. The summed E-state index contributed by atoms with van der Waals surface area (Å²) in [6.07, 6.45) is 4.80. The number of aromatic nitrogens is 1. The van der Waals surface area contributed by atoms with Gasteiger partial charge in [-0.2, -0.15) is 5.26 Å². The van der Waals surface area contributed by atoms with Gasteiger partial charge in [-0.25, -0.2) is 4.79 Å². The maximum absolute atomic E-state index is 12.1. The molecule has 1 fully saturated rings. The highest BCUT2D eigenvalue weighted by atomic mass is 16.2. The van der Waals surface area contributed by atoms with Gasteiger partial charge < -0.3 is 14.8 Å². The summed E-state index contributed by atoms with van der Waals surface area (Å²) < 4.78 is 2.22. The van der Waals surface area contributed by atoms with Crippen molar-refractivity contribution < 1.29 is 4.79 Å². The summed E-state index contributed by atoms with van der Waals surface area (Å²) >= 11 is 0. The summed E-state index contributed by atoms with van der Waals surface area (Å²) in [5.41, 5.74) is 1.23. The van der Waals surface area contributed by atoms with E-state index < -0.39 is 0 Å². The van der Waals surface area contributed by atoms with Crippen molar-refractivity contribution in [1.29, 1.82) is 5.26 Å². The van der Waals surface area contributed by atoms with Crippen molar-refractivity contribution in [1.82, 2.24) is 14.8 Å². The number of amides is 2. The first kappa shape index (κ1) is 15.4. The molecule has 0 saturated carbocycles. The van der Waals surface area contributed by atoms with E-state index in [-0.39, 0.29) is 11.9 Å². The van der Waals surface area contributed by atoms with E-state index in [0.717, 1.165) is 32.4 Å². The molecule has 0 unspecified atom stereocenters. The van der Waals surface area contributed by atoms with E-state index in [9.17, 15) is 4.79 Å². The molecule has 0 spiro atoms. The van der Waals surface area contributed by atoms with Crippen LogP contribution in [0, 0.1) is 17.2 Å². The maximum Gasteiger partial charge on any atom is 0.317 e. The smallest absolute Gasteiger partial charge is 0.317 e. The van der Waals surface area contributed by atoms with Crippen LogP contribution in [0.25, 0.3) is 10.9 Å². The average Bonchev–Trinajstić information content (AvgIpc) is 3.02. The zero-order valence-electron chi connectivity index (χ0n) is 13.2. The van der Waals surface area contributed by atoms with Crippen LogP contribution in [0.3, 0.4) is 0 Å². The van der Waals surface area contributed by atoms with Crippen LogP contribution in [0.2, 0.25) is 0 Å². The molecule has 0 aliphatic carbocycles. The number of nitrogens with one attached hydrogen (secondary N) is 1. The Bertz CT molecular complexity index is 715. The second-order valence-electron chi connectivity index (χ2n) is 6.07. The maximum atomic E-state index is 12.1. The highest BCUT2D eigenvalue weighted by Crippen LogP contribution is 2.16. The number of nitriles is 1. The molecule has 0 radical (unpaired) electrons. The number of carbonyl (C=O) groups excluding carboxylic acids is 1. The Morgan fingerprint density at radius 1 is 1.35 bits per heavy atom. The van der Waals surface area contributed by atoms with Crippen molar-refractivity contribution >= 4 is 16.9 Å². The van der Waals surface area contributed by atoms with Gasteiger partial charge in [-0.15, -0.1) is 0 Å². The van der Waals surface area contributed by atoms with Crippen molar-refractivity contribution in [3.05, 3.63) is 36.5 Å². The second-order valence-corrected chi connectivity index (χ2v) is 6.07. The highest BCUT2D eigenvalue weighted by Gasteiger charge is 2.22. The Balaban J connectivity index is 1.44. The topological polar surface area (TPSA) is 61.1 Å². The third-order valence-electron chi connectivity index (χ3n) is 4.42. The molecule has 1 N–H and O–H groups in total. The van der Waals surface area contributed by atoms with Crippen LogP contribution in [0.5, 0.6) is 0 Å². The molecule has 2 aromatic rings. The molecule has 1 aliphatic rings. The number of nitrogens with zero attached hydrogens (tertiary/aromatic N) is 3. The van der Waals surface area contributed by atoms with E-state index in [4.69, 9.17) is 5.26 Å². The fourth-order valence-electron chi connectivity index (χ4n) is 3.16. The summed E-state index contributed by atoms with van der Waals surface area (Å²) in [4.78, 5) is 13.9. The first-order valence-electron chi connectivity index (χ1n) is 8.24. The zero-order valence-corrected chi connectivity index (χ0v) is 13.2. The molecule has 1 aromatic heterocycles. The number of fused-ring (bicyclic) bond motifs is 1. The summed E-state index contributed by atoms with van der Waals surface area (Å²) in [5, 5.41) is 13.2. The molecule has 1 saturated heterocycles. The summed E-state index contributed by atoms with van der Waals surface area (Å²) in [6, 6.07) is 12.6. The minimum atomic E-state index is -0.0395. The van der Waals surface area contributed by atoms with Gasteiger partial charge in [0.05, 0.1) is 12.0 Å². The summed E-state index contributed by atoms with van der Waals surface area (Å²) in [6.45, 7) is 2.85. The minimum Gasteiger partial charge on any atom is -0.347 e. The molecule has 2 amide bonds. The molecule has 1 atom stereocenters. The van der Waals surface area contributed by atoms with E-state index in [1.54, 1.807) is 4.90 Å². The molecule has 5 nitrogen and oxygen atoms in total. The molecular formula is C18H22N4O. The van der Waals surface area contributed by atoms with Crippen LogP contribution in [-0.2, 0) is 6.54 Å². The molecule has 5 heteroatoms. The number of piperidine rings is 1. The monoisotopic (exact) mass is 310 g/mol. The zero-order chi connectivity index (χ0) is 16.1. The third kappa shape index (κ3) is 3.65.